The minimum Gasteiger partial charge on any atom is -0.293 e. The molecule has 2 aromatic heterocycles. The third kappa shape index (κ3) is 4.34. The minimum absolute atomic E-state index is 0.197. The van der Waals surface area contributed by atoms with Gasteiger partial charge in [0.25, 0.3) is 0 Å². The van der Waals surface area contributed by atoms with Gasteiger partial charge in [-0.15, -0.1) is 5.10 Å². The Kier molecular flexibility index (Phi) is 5.46. The average Bonchev–Trinajstić information content (AvgIpc) is 3.12. The van der Waals surface area contributed by atoms with Gasteiger partial charge in [0.1, 0.15) is 12.1 Å². The summed E-state index contributed by atoms with van der Waals surface area (Å²) in [5.41, 5.74) is 2.64. The molecule has 26 heavy (non-hydrogen) atoms. The Morgan fingerprint density at radius 1 is 1.31 bits per heavy atom. The Hall–Kier alpha value is -2.55. The third-order valence-electron chi connectivity index (χ3n) is 3.87. The predicted molar refractivity (Wildman–Crippen MR) is 98.2 cm³/mol. The minimum atomic E-state index is -0.299. The molecule has 0 fully saturated rings. The molecule has 2 heterocycles. The van der Waals surface area contributed by atoms with Crippen molar-refractivity contribution in [3.63, 3.8) is 0 Å². The molecule has 0 aliphatic rings. The molecular weight excluding hydrogens is 403 g/mol. The fourth-order valence-electron chi connectivity index (χ4n) is 2.54. The van der Waals surface area contributed by atoms with Crippen molar-refractivity contribution in [3.05, 3.63) is 57.8 Å². The van der Waals surface area contributed by atoms with E-state index in [1.807, 2.05) is 13.8 Å². The molecule has 0 atom stereocenters. The van der Waals surface area contributed by atoms with Gasteiger partial charge in [-0.3, -0.25) is 14.8 Å². The van der Waals surface area contributed by atoms with E-state index in [1.54, 1.807) is 21.5 Å². The van der Waals surface area contributed by atoms with Crippen molar-refractivity contribution < 1.29 is 9.18 Å². The molecule has 136 valence electrons. The normalized spacial score (nSPS) is 10.9. The van der Waals surface area contributed by atoms with Crippen LogP contribution in [-0.2, 0) is 17.9 Å². The number of aryl methyl sites for hydroxylation is 2. The van der Waals surface area contributed by atoms with Crippen molar-refractivity contribution >= 4 is 27.8 Å². The standard InChI is InChI=1S/C17H18BrFN6O/c1-11-16(18)12(2)25(22-11)7-6-15(26)21-17-20-10-24(23-17)9-13-4-3-5-14(19)8-13/h3-5,8,10H,6-7,9H2,1-2H3,(H,21,23,26). The summed E-state index contributed by atoms with van der Waals surface area (Å²) in [5, 5.41) is 11.2. The highest BCUT2D eigenvalue weighted by Crippen LogP contribution is 2.19. The van der Waals surface area contributed by atoms with E-state index >= 15 is 0 Å². The first-order chi connectivity index (χ1) is 12.4. The number of nitrogens with one attached hydrogen (secondary N) is 1. The van der Waals surface area contributed by atoms with Crippen LogP contribution in [0.2, 0.25) is 0 Å². The average molecular weight is 421 g/mol. The van der Waals surface area contributed by atoms with Crippen molar-refractivity contribution in [2.24, 2.45) is 0 Å². The maximum atomic E-state index is 13.2. The number of carbonyl (C=O) groups excluding carboxylic acids is 1. The van der Waals surface area contributed by atoms with Gasteiger partial charge in [0, 0.05) is 12.1 Å². The van der Waals surface area contributed by atoms with Crippen LogP contribution in [0.5, 0.6) is 0 Å². The van der Waals surface area contributed by atoms with Gasteiger partial charge in [0.05, 0.1) is 23.3 Å². The summed E-state index contributed by atoms with van der Waals surface area (Å²) in [6, 6.07) is 6.27. The smallest absolute Gasteiger partial charge is 0.248 e. The van der Waals surface area contributed by atoms with E-state index < -0.39 is 0 Å². The zero-order valence-electron chi connectivity index (χ0n) is 14.4. The molecule has 1 aromatic carbocycles. The van der Waals surface area contributed by atoms with Crippen molar-refractivity contribution in [2.75, 3.05) is 5.32 Å². The van der Waals surface area contributed by atoms with Gasteiger partial charge in [0.2, 0.25) is 11.9 Å². The molecule has 0 spiro atoms. The van der Waals surface area contributed by atoms with Gasteiger partial charge in [-0.2, -0.15) is 5.10 Å². The van der Waals surface area contributed by atoms with Crippen LogP contribution in [0, 0.1) is 19.7 Å². The molecule has 3 aromatic rings. The van der Waals surface area contributed by atoms with E-state index in [0.29, 0.717) is 13.1 Å². The number of rotatable bonds is 6. The highest BCUT2D eigenvalue weighted by Gasteiger charge is 2.11. The molecule has 0 radical (unpaired) electrons. The molecule has 7 nitrogen and oxygen atoms in total. The summed E-state index contributed by atoms with van der Waals surface area (Å²) in [5.74, 6) is -0.273. The quantitative estimate of drug-likeness (QED) is 0.664. The van der Waals surface area contributed by atoms with E-state index in [0.717, 1.165) is 21.4 Å². The van der Waals surface area contributed by atoms with E-state index in [4.69, 9.17) is 0 Å². The molecule has 3 rings (SSSR count). The Balaban J connectivity index is 1.55. The number of amides is 1. The van der Waals surface area contributed by atoms with Gasteiger partial charge in [-0.1, -0.05) is 12.1 Å². The van der Waals surface area contributed by atoms with Gasteiger partial charge < -0.3 is 0 Å². The maximum absolute atomic E-state index is 13.2. The lowest BCUT2D eigenvalue weighted by Gasteiger charge is -2.04. The first kappa shape index (κ1) is 18.2. The topological polar surface area (TPSA) is 77.6 Å². The van der Waals surface area contributed by atoms with Crippen molar-refractivity contribution in [2.45, 2.75) is 33.4 Å². The number of nitrogens with zero attached hydrogens (tertiary/aromatic N) is 5. The lowest BCUT2D eigenvalue weighted by molar-refractivity contribution is -0.116. The Labute approximate surface area is 158 Å². The maximum Gasteiger partial charge on any atom is 0.248 e. The third-order valence-corrected chi connectivity index (χ3v) is 5.01. The summed E-state index contributed by atoms with van der Waals surface area (Å²) in [6.45, 7) is 4.69. The van der Waals surface area contributed by atoms with Gasteiger partial charge in [-0.05, 0) is 47.5 Å². The van der Waals surface area contributed by atoms with Crippen LogP contribution in [-0.4, -0.2) is 30.5 Å². The van der Waals surface area contributed by atoms with Gasteiger partial charge in [-0.25, -0.2) is 14.1 Å². The highest BCUT2D eigenvalue weighted by atomic mass is 79.9. The summed E-state index contributed by atoms with van der Waals surface area (Å²) in [4.78, 5) is 16.2. The summed E-state index contributed by atoms with van der Waals surface area (Å²) < 4.78 is 17.5. The highest BCUT2D eigenvalue weighted by molar-refractivity contribution is 9.10. The van der Waals surface area contributed by atoms with Crippen LogP contribution in [0.1, 0.15) is 23.4 Å². The number of halogens is 2. The van der Waals surface area contributed by atoms with E-state index in [-0.39, 0.29) is 24.1 Å². The largest absolute Gasteiger partial charge is 0.293 e. The van der Waals surface area contributed by atoms with E-state index in [9.17, 15) is 9.18 Å². The number of hydrogen-bond acceptors (Lipinski definition) is 4. The molecule has 9 heteroatoms. The second kappa shape index (κ2) is 7.77. The van der Waals surface area contributed by atoms with Crippen LogP contribution in [0.15, 0.2) is 35.1 Å². The number of hydrogen-bond donors (Lipinski definition) is 1. The van der Waals surface area contributed by atoms with Crippen molar-refractivity contribution in [1.29, 1.82) is 0 Å². The van der Waals surface area contributed by atoms with Crippen LogP contribution in [0.3, 0.4) is 0 Å². The molecule has 0 saturated heterocycles. The molecule has 1 N–H and O–H groups in total. The SMILES string of the molecule is Cc1nn(CCC(=O)Nc2ncn(Cc3cccc(F)c3)n2)c(C)c1Br. The lowest BCUT2D eigenvalue weighted by atomic mass is 10.2. The van der Waals surface area contributed by atoms with Crippen LogP contribution < -0.4 is 5.32 Å². The van der Waals surface area contributed by atoms with Crippen molar-refractivity contribution in [1.82, 2.24) is 24.5 Å². The number of aromatic nitrogens is 5. The zero-order chi connectivity index (χ0) is 18.7. The summed E-state index contributed by atoms with van der Waals surface area (Å²) in [6.07, 6.45) is 1.76. The van der Waals surface area contributed by atoms with E-state index in [1.165, 1.54) is 18.5 Å². The fraction of sp³-hybridized carbons (Fsp3) is 0.294. The monoisotopic (exact) mass is 420 g/mol. The first-order valence-electron chi connectivity index (χ1n) is 8.05. The van der Waals surface area contributed by atoms with Crippen LogP contribution >= 0.6 is 15.9 Å². The zero-order valence-corrected chi connectivity index (χ0v) is 16.0. The second-order valence-corrected chi connectivity index (χ2v) is 6.69. The molecule has 0 unspecified atom stereocenters. The molecule has 0 bridgehead atoms. The van der Waals surface area contributed by atoms with Gasteiger partial charge in [0.15, 0.2) is 0 Å². The molecule has 0 saturated carbocycles. The summed E-state index contributed by atoms with van der Waals surface area (Å²) in [7, 11) is 0. The Morgan fingerprint density at radius 3 is 2.81 bits per heavy atom. The van der Waals surface area contributed by atoms with Crippen LogP contribution in [0.4, 0.5) is 10.3 Å². The second-order valence-electron chi connectivity index (χ2n) is 5.90. The molecule has 0 aliphatic heterocycles. The number of carbonyl (C=O) groups is 1. The molecule has 1 amide bonds. The van der Waals surface area contributed by atoms with Gasteiger partial charge >= 0.3 is 0 Å². The predicted octanol–water partition coefficient (Wildman–Crippen LogP) is 3.07. The van der Waals surface area contributed by atoms with E-state index in [2.05, 4.69) is 36.4 Å². The fourth-order valence-corrected chi connectivity index (χ4v) is 2.82. The van der Waals surface area contributed by atoms with Crippen LogP contribution in [0.25, 0.3) is 0 Å². The first-order valence-corrected chi connectivity index (χ1v) is 8.85. The van der Waals surface area contributed by atoms with Crippen molar-refractivity contribution in [3.8, 4) is 0 Å². The Bertz CT molecular complexity index is 935. The Morgan fingerprint density at radius 2 is 2.12 bits per heavy atom. The number of anilines is 1. The molecular formula is C17H18BrFN6O. The number of benzene rings is 1. The lowest BCUT2D eigenvalue weighted by Crippen LogP contribution is -2.16. The summed E-state index contributed by atoms with van der Waals surface area (Å²) >= 11 is 3.46. The molecule has 0 aliphatic carbocycles.